The van der Waals surface area contributed by atoms with Gasteiger partial charge in [-0.1, -0.05) is 13.5 Å². The minimum atomic E-state index is 0.0216. The Balaban J connectivity index is 1.71. The third-order valence-corrected chi connectivity index (χ3v) is 5.54. The molecule has 2 aromatic rings. The van der Waals surface area contributed by atoms with Crippen LogP contribution in [0.2, 0.25) is 0 Å². The number of nitrogens with one attached hydrogen (secondary N) is 1. The van der Waals surface area contributed by atoms with Gasteiger partial charge in [0.15, 0.2) is 0 Å². The fourth-order valence-electron chi connectivity index (χ4n) is 4.05. The molecule has 0 spiro atoms. The summed E-state index contributed by atoms with van der Waals surface area (Å²) in [6, 6.07) is 2.31. The predicted octanol–water partition coefficient (Wildman–Crippen LogP) is 1.96. The number of amides is 1. The standard InChI is InChI=1S/C17H21N5O/c1-3-14(23)21-8-5-17(2)6-9-22(13(17)10-21)16-12-4-7-18-15(12)19-11-20-16/h3-4,7,11,13H,1,5-6,8-10H2,2H3,(H,18,19,20). The average Bonchev–Trinajstić information content (AvgIpc) is 3.17. The topological polar surface area (TPSA) is 65.1 Å². The molecule has 2 atom stereocenters. The Labute approximate surface area is 135 Å². The maximum absolute atomic E-state index is 12.0. The average molecular weight is 311 g/mol. The lowest BCUT2D eigenvalue weighted by Crippen LogP contribution is -2.54. The van der Waals surface area contributed by atoms with Gasteiger partial charge in [0.05, 0.1) is 11.4 Å². The van der Waals surface area contributed by atoms with E-state index in [2.05, 4.69) is 33.4 Å². The van der Waals surface area contributed by atoms with Gasteiger partial charge in [-0.05, 0) is 30.4 Å². The van der Waals surface area contributed by atoms with Gasteiger partial charge in [0, 0.05) is 25.8 Å². The molecule has 1 amide bonds. The summed E-state index contributed by atoms with van der Waals surface area (Å²) in [7, 11) is 0. The number of aromatic nitrogens is 3. The van der Waals surface area contributed by atoms with Crippen molar-refractivity contribution in [2.75, 3.05) is 24.5 Å². The summed E-state index contributed by atoms with van der Waals surface area (Å²) in [5.74, 6) is 0.992. The molecule has 2 saturated heterocycles. The zero-order chi connectivity index (χ0) is 16.0. The van der Waals surface area contributed by atoms with Gasteiger partial charge in [0.25, 0.3) is 0 Å². The van der Waals surface area contributed by atoms with Crippen molar-refractivity contribution in [2.24, 2.45) is 5.41 Å². The van der Waals surface area contributed by atoms with E-state index in [0.29, 0.717) is 0 Å². The maximum atomic E-state index is 12.0. The van der Waals surface area contributed by atoms with Crippen LogP contribution in [0.25, 0.3) is 11.0 Å². The Morgan fingerprint density at radius 1 is 1.43 bits per heavy atom. The first kappa shape index (κ1) is 14.2. The molecule has 0 bridgehead atoms. The highest BCUT2D eigenvalue weighted by molar-refractivity contribution is 5.88. The highest BCUT2D eigenvalue weighted by Crippen LogP contribution is 2.45. The molecular formula is C17H21N5O. The summed E-state index contributed by atoms with van der Waals surface area (Å²) in [5, 5.41) is 1.05. The van der Waals surface area contributed by atoms with Crippen LogP contribution in [0.3, 0.4) is 0 Å². The smallest absolute Gasteiger partial charge is 0.246 e. The van der Waals surface area contributed by atoms with E-state index in [4.69, 9.17) is 0 Å². The van der Waals surface area contributed by atoms with Gasteiger partial charge in [-0.3, -0.25) is 4.79 Å². The van der Waals surface area contributed by atoms with Gasteiger partial charge < -0.3 is 14.8 Å². The summed E-state index contributed by atoms with van der Waals surface area (Å²) in [5.41, 5.74) is 1.09. The summed E-state index contributed by atoms with van der Waals surface area (Å²) in [4.78, 5) is 28.3. The van der Waals surface area contributed by atoms with Gasteiger partial charge in [0.2, 0.25) is 5.91 Å². The van der Waals surface area contributed by atoms with Crippen molar-refractivity contribution in [2.45, 2.75) is 25.8 Å². The van der Waals surface area contributed by atoms with Crippen LogP contribution in [-0.2, 0) is 4.79 Å². The fourth-order valence-corrected chi connectivity index (χ4v) is 4.05. The molecule has 120 valence electrons. The highest BCUT2D eigenvalue weighted by atomic mass is 16.2. The summed E-state index contributed by atoms with van der Waals surface area (Å²) < 4.78 is 0. The van der Waals surface area contributed by atoms with Crippen molar-refractivity contribution >= 4 is 22.8 Å². The first-order chi connectivity index (χ1) is 11.1. The second kappa shape index (κ2) is 5.08. The lowest BCUT2D eigenvalue weighted by molar-refractivity contribution is -0.128. The number of piperidine rings is 1. The van der Waals surface area contributed by atoms with Crippen molar-refractivity contribution in [3.05, 3.63) is 31.2 Å². The van der Waals surface area contributed by atoms with Crippen molar-refractivity contribution in [1.29, 1.82) is 0 Å². The molecule has 0 aromatic carbocycles. The molecule has 6 nitrogen and oxygen atoms in total. The lowest BCUT2D eigenvalue weighted by Gasteiger charge is -2.44. The second-order valence-electron chi connectivity index (χ2n) is 6.79. The monoisotopic (exact) mass is 311 g/mol. The van der Waals surface area contributed by atoms with Gasteiger partial charge in [0.1, 0.15) is 17.8 Å². The van der Waals surface area contributed by atoms with Crippen LogP contribution in [0, 0.1) is 5.41 Å². The van der Waals surface area contributed by atoms with Crippen molar-refractivity contribution in [3.63, 3.8) is 0 Å². The van der Waals surface area contributed by atoms with Gasteiger partial charge in [-0.2, -0.15) is 0 Å². The third kappa shape index (κ3) is 2.12. The molecule has 0 radical (unpaired) electrons. The van der Waals surface area contributed by atoms with Crippen LogP contribution >= 0.6 is 0 Å². The van der Waals surface area contributed by atoms with E-state index in [1.54, 1.807) is 6.33 Å². The number of hydrogen-bond donors (Lipinski definition) is 1. The Morgan fingerprint density at radius 3 is 3.09 bits per heavy atom. The summed E-state index contributed by atoms with van der Waals surface area (Å²) in [6.45, 7) is 8.47. The molecule has 2 aliphatic rings. The van der Waals surface area contributed by atoms with E-state index >= 15 is 0 Å². The zero-order valence-electron chi connectivity index (χ0n) is 13.3. The van der Waals surface area contributed by atoms with Crippen LogP contribution in [0.4, 0.5) is 5.82 Å². The third-order valence-electron chi connectivity index (χ3n) is 5.54. The molecule has 2 aromatic heterocycles. The number of H-pyrrole nitrogens is 1. The first-order valence-corrected chi connectivity index (χ1v) is 8.08. The molecule has 0 aliphatic carbocycles. The second-order valence-corrected chi connectivity index (χ2v) is 6.79. The summed E-state index contributed by atoms with van der Waals surface area (Å²) in [6.07, 6.45) is 7.07. The van der Waals surface area contributed by atoms with Crippen LogP contribution in [0.5, 0.6) is 0 Å². The van der Waals surface area contributed by atoms with E-state index in [1.165, 1.54) is 6.08 Å². The number of fused-ring (bicyclic) bond motifs is 2. The SMILES string of the molecule is C=CC(=O)N1CCC2(C)CCN(c3ncnc4[nH]ccc34)C2C1. The zero-order valence-corrected chi connectivity index (χ0v) is 13.3. The molecule has 2 aliphatic heterocycles. The van der Waals surface area contributed by atoms with Crippen LogP contribution in [0.1, 0.15) is 19.8 Å². The molecule has 1 N–H and O–H groups in total. The Hall–Kier alpha value is -2.37. The number of likely N-dealkylation sites (tertiary alicyclic amines) is 1. The molecule has 4 heterocycles. The van der Waals surface area contributed by atoms with Crippen LogP contribution < -0.4 is 4.90 Å². The number of anilines is 1. The van der Waals surface area contributed by atoms with Crippen molar-refractivity contribution < 1.29 is 4.79 Å². The number of aromatic amines is 1. The van der Waals surface area contributed by atoms with Gasteiger partial charge in [-0.15, -0.1) is 0 Å². The van der Waals surface area contributed by atoms with Gasteiger partial charge in [-0.25, -0.2) is 9.97 Å². The number of carbonyl (C=O) groups is 1. The Kier molecular flexibility index (Phi) is 3.14. The van der Waals surface area contributed by atoms with Crippen LogP contribution in [0.15, 0.2) is 31.2 Å². The molecule has 2 fully saturated rings. The number of carbonyl (C=O) groups excluding carboxylic acids is 1. The predicted molar refractivity (Wildman–Crippen MR) is 89.1 cm³/mol. The Bertz CT molecular complexity index is 769. The number of hydrogen-bond acceptors (Lipinski definition) is 4. The highest BCUT2D eigenvalue weighted by Gasteiger charge is 2.48. The fraction of sp³-hybridized carbons (Fsp3) is 0.471. The van der Waals surface area contributed by atoms with Crippen molar-refractivity contribution in [1.82, 2.24) is 19.9 Å². The molecule has 0 saturated carbocycles. The molecule has 6 heteroatoms. The number of nitrogens with zero attached hydrogens (tertiary/aromatic N) is 4. The van der Waals surface area contributed by atoms with E-state index in [1.807, 2.05) is 17.2 Å². The molecular weight excluding hydrogens is 290 g/mol. The van der Waals surface area contributed by atoms with Gasteiger partial charge >= 0.3 is 0 Å². The van der Waals surface area contributed by atoms with E-state index in [0.717, 1.165) is 49.3 Å². The largest absolute Gasteiger partial charge is 0.351 e. The summed E-state index contributed by atoms with van der Waals surface area (Å²) >= 11 is 0. The quantitative estimate of drug-likeness (QED) is 0.861. The maximum Gasteiger partial charge on any atom is 0.246 e. The molecule has 4 rings (SSSR count). The number of rotatable bonds is 2. The first-order valence-electron chi connectivity index (χ1n) is 8.08. The van der Waals surface area contributed by atoms with E-state index in [-0.39, 0.29) is 17.4 Å². The van der Waals surface area contributed by atoms with Crippen LogP contribution in [-0.4, -0.2) is 51.4 Å². The van der Waals surface area contributed by atoms with E-state index in [9.17, 15) is 4.79 Å². The Morgan fingerprint density at radius 2 is 2.26 bits per heavy atom. The minimum absolute atomic E-state index is 0.0216. The lowest BCUT2D eigenvalue weighted by atomic mass is 9.76. The molecule has 23 heavy (non-hydrogen) atoms. The normalized spacial score (nSPS) is 27.3. The van der Waals surface area contributed by atoms with E-state index < -0.39 is 0 Å². The van der Waals surface area contributed by atoms with Crippen molar-refractivity contribution in [3.8, 4) is 0 Å². The minimum Gasteiger partial charge on any atom is -0.351 e. The molecule has 2 unspecified atom stereocenters.